The van der Waals surface area contributed by atoms with Gasteiger partial charge in [0.15, 0.2) is 0 Å². The van der Waals surface area contributed by atoms with Gasteiger partial charge in [-0.25, -0.2) is 4.39 Å². The third-order valence-corrected chi connectivity index (χ3v) is 5.22. The molecule has 0 bridgehead atoms. The van der Waals surface area contributed by atoms with E-state index in [4.69, 9.17) is 10.5 Å². The number of halogens is 1. The molecule has 1 atom stereocenters. The zero-order valence-electron chi connectivity index (χ0n) is 16.1. The maximum absolute atomic E-state index is 13.3. The molecule has 5 heteroatoms. The van der Waals surface area contributed by atoms with E-state index in [1.54, 1.807) is 17.0 Å². The highest BCUT2D eigenvalue weighted by molar-refractivity contribution is 5.98. The summed E-state index contributed by atoms with van der Waals surface area (Å²) in [4.78, 5) is 15.0. The van der Waals surface area contributed by atoms with Crippen molar-refractivity contribution in [2.75, 3.05) is 18.1 Å². The fourth-order valence-electron chi connectivity index (χ4n) is 3.55. The van der Waals surface area contributed by atoms with Crippen LogP contribution in [0.3, 0.4) is 0 Å². The van der Waals surface area contributed by atoms with Gasteiger partial charge in [0.1, 0.15) is 17.6 Å². The first-order valence-electron chi connectivity index (χ1n) is 9.74. The van der Waals surface area contributed by atoms with E-state index in [0.29, 0.717) is 19.6 Å². The second kappa shape index (κ2) is 8.45. The van der Waals surface area contributed by atoms with Crippen molar-refractivity contribution in [3.05, 3.63) is 95.3 Å². The van der Waals surface area contributed by atoms with Crippen LogP contribution in [-0.2, 0) is 17.6 Å². The molecule has 4 rings (SSSR count). The summed E-state index contributed by atoms with van der Waals surface area (Å²) in [5, 5.41) is 0. The molecule has 0 saturated carbocycles. The quantitative estimate of drug-likeness (QED) is 0.691. The molecule has 4 nitrogen and oxygen atoms in total. The van der Waals surface area contributed by atoms with Crippen molar-refractivity contribution in [1.29, 1.82) is 0 Å². The fourth-order valence-corrected chi connectivity index (χ4v) is 3.55. The average Bonchev–Trinajstić information content (AvgIpc) is 3.23. The van der Waals surface area contributed by atoms with Crippen molar-refractivity contribution in [2.45, 2.75) is 18.9 Å². The van der Waals surface area contributed by atoms with Crippen molar-refractivity contribution in [1.82, 2.24) is 0 Å². The molecular formula is C24H23FN2O2. The van der Waals surface area contributed by atoms with Crippen molar-refractivity contribution in [3.63, 3.8) is 0 Å². The van der Waals surface area contributed by atoms with Gasteiger partial charge >= 0.3 is 0 Å². The number of benzene rings is 3. The number of nitrogens with two attached hydrogens (primary N) is 1. The Bertz CT molecular complexity index is 990. The first-order chi connectivity index (χ1) is 14.1. The maximum atomic E-state index is 13.3. The molecule has 0 unspecified atom stereocenters. The summed E-state index contributed by atoms with van der Waals surface area (Å²) in [6.07, 6.45) is 1.47. The van der Waals surface area contributed by atoms with Gasteiger partial charge in [0, 0.05) is 24.7 Å². The molecule has 3 aromatic rings. The van der Waals surface area contributed by atoms with Crippen LogP contribution in [0.5, 0.6) is 5.75 Å². The summed E-state index contributed by atoms with van der Waals surface area (Å²) >= 11 is 0. The number of carbonyl (C=O) groups excluding carboxylic acids is 1. The van der Waals surface area contributed by atoms with Crippen molar-refractivity contribution >= 4 is 11.6 Å². The molecule has 0 saturated heterocycles. The number of anilines is 1. The summed E-state index contributed by atoms with van der Waals surface area (Å²) in [5.41, 5.74) is 9.92. The second-order valence-electron chi connectivity index (χ2n) is 7.15. The summed E-state index contributed by atoms with van der Waals surface area (Å²) in [5.74, 6) is 0.357. The molecule has 1 amide bonds. The number of amides is 1. The Morgan fingerprint density at radius 1 is 1.07 bits per heavy atom. The van der Waals surface area contributed by atoms with Crippen molar-refractivity contribution < 1.29 is 13.9 Å². The normalized spacial score (nSPS) is 13.4. The molecular weight excluding hydrogens is 367 g/mol. The SMILES string of the molecule is N[C@H](C(=O)N(CCc1ccc(F)cc1)c1ccc2c(c1)OCC2)c1ccccc1. The minimum absolute atomic E-state index is 0.184. The summed E-state index contributed by atoms with van der Waals surface area (Å²) in [7, 11) is 0. The predicted octanol–water partition coefficient (Wildman–Crippen LogP) is 4.04. The first-order valence-corrected chi connectivity index (χ1v) is 9.74. The summed E-state index contributed by atoms with van der Waals surface area (Å²) in [6.45, 7) is 1.09. The molecule has 1 heterocycles. The van der Waals surface area contributed by atoms with E-state index in [0.717, 1.165) is 34.5 Å². The monoisotopic (exact) mass is 390 g/mol. The van der Waals surface area contributed by atoms with Crippen LogP contribution in [0.1, 0.15) is 22.7 Å². The standard InChI is InChI=1S/C24H23FN2O2/c25-20-9-6-17(7-10-20)12-14-27(21-11-8-18-13-15-29-22(18)16-21)24(28)23(26)19-4-2-1-3-5-19/h1-11,16,23H,12-15,26H2/t23-/m0/s1. The highest BCUT2D eigenvalue weighted by Crippen LogP contribution is 2.31. The van der Waals surface area contributed by atoms with Crippen LogP contribution in [-0.4, -0.2) is 19.1 Å². The van der Waals surface area contributed by atoms with E-state index >= 15 is 0 Å². The average molecular weight is 390 g/mol. The predicted molar refractivity (Wildman–Crippen MR) is 111 cm³/mol. The molecule has 3 aromatic carbocycles. The molecule has 2 N–H and O–H groups in total. The smallest absolute Gasteiger partial charge is 0.248 e. The molecule has 0 radical (unpaired) electrons. The Balaban J connectivity index is 1.61. The molecule has 0 spiro atoms. The van der Waals surface area contributed by atoms with E-state index in [2.05, 4.69) is 0 Å². The number of hydrogen-bond donors (Lipinski definition) is 1. The first kappa shape index (κ1) is 19.2. The maximum Gasteiger partial charge on any atom is 0.248 e. The number of hydrogen-bond acceptors (Lipinski definition) is 3. The Morgan fingerprint density at radius 2 is 1.83 bits per heavy atom. The van der Waals surface area contributed by atoms with Crippen LogP contribution < -0.4 is 15.4 Å². The van der Waals surface area contributed by atoms with E-state index in [9.17, 15) is 9.18 Å². The molecule has 0 fully saturated rings. The van der Waals surface area contributed by atoms with E-state index < -0.39 is 6.04 Å². The third kappa shape index (κ3) is 4.30. The van der Waals surface area contributed by atoms with Crippen LogP contribution >= 0.6 is 0 Å². The lowest BCUT2D eigenvalue weighted by molar-refractivity contribution is -0.120. The summed E-state index contributed by atoms with van der Waals surface area (Å²) in [6, 6.07) is 20.8. The number of carbonyl (C=O) groups is 1. The Labute approximate surface area is 169 Å². The van der Waals surface area contributed by atoms with E-state index in [1.807, 2.05) is 48.5 Å². The lowest BCUT2D eigenvalue weighted by Crippen LogP contribution is -2.40. The molecule has 29 heavy (non-hydrogen) atoms. The molecule has 1 aliphatic rings. The van der Waals surface area contributed by atoms with Crippen LogP contribution in [0.4, 0.5) is 10.1 Å². The van der Waals surface area contributed by atoms with Crippen LogP contribution in [0, 0.1) is 5.82 Å². The minimum atomic E-state index is -0.765. The highest BCUT2D eigenvalue weighted by Gasteiger charge is 2.25. The second-order valence-corrected chi connectivity index (χ2v) is 7.15. The van der Waals surface area contributed by atoms with E-state index in [1.165, 1.54) is 12.1 Å². The van der Waals surface area contributed by atoms with Gasteiger partial charge in [-0.2, -0.15) is 0 Å². The van der Waals surface area contributed by atoms with Gasteiger partial charge in [0.25, 0.3) is 0 Å². The molecule has 148 valence electrons. The van der Waals surface area contributed by atoms with Gasteiger partial charge in [-0.3, -0.25) is 4.79 Å². The van der Waals surface area contributed by atoms with Crippen LogP contribution in [0.2, 0.25) is 0 Å². The Kier molecular flexibility index (Phi) is 5.58. The molecule has 0 aliphatic carbocycles. The van der Waals surface area contributed by atoms with Gasteiger partial charge in [0.05, 0.1) is 6.61 Å². The number of rotatable bonds is 6. The van der Waals surface area contributed by atoms with Gasteiger partial charge in [0.2, 0.25) is 5.91 Å². The summed E-state index contributed by atoms with van der Waals surface area (Å²) < 4.78 is 18.9. The largest absolute Gasteiger partial charge is 0.493 e. The zero-order chi connectivity index (χ0) is 20.2. The number of fused-ring (bicyclic) bond motifs is 1. The Morgan fingerprint density at radius 3 is 2.59 bits per heavy atom. The van der Waals surface area contributed by atoms with Crippen molar-refractivity contribution in [2.24, 2.45) is 5.73 Å². The lowest BCUT2D eigenvalue weighted by atomic mass is 10.0. The van der Waals surface area contributed by atoms with Gasteiger partial charge in [-0.15, -0.1) is 0 Å². The number of ether oxygens (including phenoxy) is 1. The third-order valence-electron chi connectivity index (χ3n) is 5.22. The lowest BCUT2D eigenvalue weighted by Gasteiger charge is -2.26. The van der Waals surface area contributed by atoms with Gasteiger partial charge in [-0.1, -0.05) is 48.5 Å². The van der Waals surface area contributed by atoms with E-state index in [-0.39, 0.29) is 11.7 Å². The van der Waals surface area contributed by atoms with Crippen molar-refractivity contribution in [3.8, 4) is 5.75 Å². The zero-order valence-corrected chi connectivity index (χ0v) is 16.1. The fraction of sp³-hybridized carbons (Fsp3) is 0.208. The van der Waals surface area contributed by atoms with Gasteiger partial charge in [-0.05, 0) is 41.3 Å². The molecule has 0 aromatic heterocycles. The minimum Gasteiger partial charge on any atom is -0.493 e. The topological polar surface area (TPSA) is 55.6 Å². The van der Waals surface area contributed by atoms with Gasteiger partial charge < -0.3 is 15.4 Å². The number of nitrogens with zero attached hydrogens (tertiary/aromatic N) is 1. The van der Waals surface area contributed by atoms with Crippen LogP contribution in [0.25, 0.3) is 0 Å². The highest BCUT2D eigenvalue weighted by atomic mass is 19.1. The molecule has 1 aliphatic heterocycles. The Hall–Kier alpha value is -3.18. The van der Waals surface area contributed by atoms with Crippen LogP contribution in [0.15, 0.2) is 72.8 Å².